The van der Waals surface area contributed by atoms with Crippen molar-refractivity contribution in [3.63, 3.8) is 0 Å². The van der Waals surface area contributed by atoms with Crippen molar-refractivity contribution in [2.24, 2.45) is 0 Å². The number of aryl methyl sites for hydroxylation is 1. The van der Waals surface area contributed by atoms with E-state index in [4.69, 9.17) is 4.42 Å². The fraction of sp³-hybridized carbons (Fsp3) is 0.0833. The van der Waals surface area contributed by atoms with Crippen molar-refractivity contribution in [2.75, 3.05) is 0 Å². The fourth-order valence-electron chi connectivity index (χ4n) is 3.54. The average Bonchev–Trinajstić information content (AvgIpc) is 3.53. The van der Waals surface area contributed by atoms with Gasteiger partial charge in [0.15, 0.2) is 5.65 Å². The summed E-state index contributed by atoms with van der Waals surface area (Å²) in [7, 11) is 0. The highest BCUT2D eigenvalue weighted by molar-refractivity contribution is 5.96. The van der Waals surface area contributed by atoms with E-state index in [0.29, 0.717) is 28.3 Å². The number of amides is 1. The van der Waals surface area contributed by atoms with Gasteiger partial charge in [-0.15, -0.1) is 10.2 Å². The molecule has 0 fully saturated rings. The number of hydrogen-bond donors (Lipinski definition) is 1. The summed E-state index contributed by atoms with van der Waals surface area (Å²) in [6.45, 7) is 3.82. The highest BCUT2D eigenvalue weighted by atomic mass is 16.4. The van der Waals surface area contributed by atoms with E-state index in [1.807, 2.05) is 54.8 Å². The van der Waals surface area contributed by atoms with E-state index in [2.05, 4.69) is 30.5 Å². The first kappa shape index (κ1) is 20.3. The summed E-state index contributed by atoms with van der Waals surface area (Å²) in [6, 6.07) is 13.2. The van der Waals surface area contributed by atoms with Crippen LogP contribution in [0, 0.1) is 6.92 Å². The number of hydrogen-bond acceptors (Lipinski definition) is 7. The minimum Gasteiger partial charge on any atom is -0.423 e. The van der Waals surface area contributed by atoms with Gasteiger partial charge in [0.25, 0.3) is 5.91 Å². The second kappa shape index (κ2) is 8.46. The molecule has 0 bridgehead atoms. The summed E-state index contributed by atoms with van der Waals surface area (Å²) >= 11 is 0. The molecule has 162 valence electrons. The third kappa shape index (κ3) is 3.76. The lowest BCUT2D eigenvalue weighted by molar-refractivity contribution is 0.0970. The maximum absolute atomic E-state index is 12.4. The quantitative estimate of drug-likeness (QED) is 0.440. The number of aromatic nitrogens is 6. The molecule has 5 aromatic rings. The van der Waals surface area contributed by atoms with Gasteiger partial charge < -0.3 is 9.73 Å². The smallest absolute Gasteiger partial charge is 0.255 e. The first-order valence-electron chi connectivity index (χ1n) is 10.2. The molecule has 0 aliphatic carbocycles. The Morgan fingerprint density at radius 2 is 1.88 bits per heavy atom. The number of nitrogens with one attached hydrogen (secondary N) is 1. The maximum Gasteiger partial charge on any atom is 0.255 e. The Hall–Kier alpha value is -4.66. The first-order valence-corrected chi connectivity index (χ1v) is 10.2. The molecule has 9 nitrogen and oxygen atoms in total. The van der Waals surface area contributed by atoms with Gasteiger partial charge >= 0.3 is 0 Å². The lowest BCUT2D eigenvalue weighted by Crippen LogP contribution is -2.17. The van der Waals surface area contributed by atoms with Crippen LogP contribution in [0.5, 0.6) is 0 Å². The minimum atomic E-state index is -0.185. The van der Waals surface area contributed by atoms with Crippen molar-refractivity contribution in [1.82, 2.24) is 35.0 Å². The molecule has 3 aromatic heterocycles. The summed E-state index contributed by atoms with van der Waals surface area (Å²) in [6.07, 6.45) is 7.89. The summed E-state index contributed by atoms with van der Waals surface area (Å²) < 4.78 is 7.12. The van der Waals surface area contributed by atoms with Crippen molar-refractivity contribution >= 4 is 17.1 Å². The molecule has 33 heavy (non-hydrogen) atoms. The molecule has 0 saturated heterocycles. The SMILES string of the molecule is CC=CNC(=O)c1ccc(C)c(-n2cnc3c(-c4ccc(-c5nnco5)cc4)ncnc32)c1. The summed E-state index contributed by atoms with van der Waals surface area (Å²) in [5, 5.41) is 10.4. The van der Waals surface area contributed by atoms with Crippen LogP contribution in [0.2, 0.25) is 0 Å². The lowest BCUT2D eigenvalue weighted by Gasteiger charge is -2.10. The predicted molar refractivity (Wildman–Crippen MR) is 122 cm³/mol. The van der Waals surface area contributed by atoms with Crippen molar-refractivity contribution in [3.8, 4) is 28.4 Å². The highest BCUT2D eigenvalue weighted by Gasteiger charge is 2.16. The van der Waals surface area contributed by atoms with Crippen LogP contribution in [-0.4, -0.2) is 35.6 Å². The maximum atomic E-state index is 12.4. The zero-order chi connectivity index (χ0) is 22.8. The van der Waals surface area contributed by atoms with Crippen molar-refractivity contribution in [3.05, 3.63) is 84.9 Å². The second-order valence-corrected chi connectivity index (χ2v) is 7.31. The number of allylic oxidation sites excluding steroid dienone is 1. The van der Waals surface area contributed by atoms with Crippen molar-refractivity contribution < 1.29 is 9.21 Å². The number of carbonyl (C=O) groups excluding carboxylic acids is 1. The van der Waals surface area contributed by atoms with E-state index in [9.17, 15) is 4.79 Å². The van der Waals surface area contributed by atoms with E-state index in [0.717, 1.165) is 22.4 Å². The van der Waals surface area contributed by atoms with Crippen LogP contribution >= 0.6 is 0 Å². The van der Waals surface area contributed by atoms with E-state index in [1.165, 1.54) is 12.7 Å². The molecule has 3 heterocycles. The topological polar surface area (TPSA) is 112 Å². The number of benzene rings is 2. The molecular formula is C24H19N7O2. The monoisotopic (exact) mass is 437 g/mol. The van der Waals surface area contributed by atoms with E-state index in [-0.39, 0.29) is 5.91 Å². The number of fused-ring (bicyclic) bond motifs is 1. The Bertz CT molecular complexity index is 1470. The van der Waals surface area contributed by atoms with Crippen LogP contribution in [0.3, 0.4) is 0 Å². The van der Waals surface area contributed by atoms with Gasteiger partial charge in [-0.05, 0) is 49.9 Å². The molecule has 1 N–H and O–H groups in total. The van der Waals surface area contributed by atoms with Crippen LogP contribution in [-0.2, 0) is 0 Å². The fourth-order valence-corrected chi connectivity index (χ4v) is 3.54. The molecule has 2 aromatic carbocycles. The van der Waals surface area contributed by atoms with Gasteiger partial charge in [0.05, 0.1) is 5.69 Å². The number of nitrogens with zero attached hydrogens (tertiary/aromatic N) is 6. The molecular weight excluding hydrogens is 418 g/mol. The minimum absolute atomic E-state index is 0.185. The summed E-state index contributed by atoms with van der Waals surface area (Å²) in [4.78, 5) is 26.0. The molecule has 9 heteroatoms. The zero-order valence-corrected chi connectivity index (χ0v) is 17.9. The van der Waals surface area contributed by atoms with E-state index in [1.54, 1.807) is 24.7 Å². The van der Waals surface area contributed by atoms with Crippen LogP contribution in [0.15, 0.2) is 78.2 Å². The normalized spacial score (nSPS) is 11.3. The standard InChI is InChI=1S/C24H19N7O2/c1-3-10-25-23(32)18-5-4-15(2)19(11-18)31-13-28-21-20(26-12-27-22(21)31)16-6-8-17(9-7-16)24-30-29-14-33-24/h3-14H,1-2H3,(H,25,32). The van der Waals surface area contributed by atoms with Crippen LogP contribution in [0.25, 0.3) is 39.6 Å². The van der Waals surface area contributed by atoms with E-state index < -0.39 is 0 Å². The van der Waals surface area contributed by atoms with Crippen molar-refractivity contribution in [2.45, 2.75) is 13.8 Å². The van der Waals surface area contributed by atoms with Gasteiger partial charge in [0, 0.05) is 16.7 Å². The number of carbonyl (C=O) groups is 1. The Morgan fingerprint density at radius 3 is 2.64 bits per heavy atom. The van der Waals surface area contributed by atoms with Gasteiger partial charge in [-0.2, -0.15) is 0 Å². The predicted octanol–water partition coefficient (Wildman–Crippen LogP) is 4.10. The Morgan fingerprint density at radius 1 is 1.06 bits per heavy atom. The molecule has 5 rings (SSSR count). The number of rotatable bonds is 5. The largest absolute Gasteiger partial charge is 0.423 e. The van der Waals surface area contributed by atoms with Gasteiger partial charge in [0.1, 0.15) is 23.9 Å². The van der Waals surface area contributed by atoms with Gasteiger partial charge in [-0.1, -0.05) is 24.3 Å². The summed E-state index contributed by atoms with van der Waals surface area (Å²) in [5.41, 5.74) is 6.06. The van der Waals surface area contributed by atoms with Crippen molar-refractivity contribution in [1.29, 1.82) is 0 Å². The van der Waals surface area contributed by atoms with Gasteiger partial charge in [-0.25, -0.2) is 15.0 Å². The Balaban J connectivity index is 1.55. The van der Waals surface area contributed by atoms with Crippen LogP contribution < -0.4 is 5.32 Å². The van der Waals surface area contributed by atoms with E-state index >= 15 is 0 Å². The molecule has 0 unspecified atom stereocenters. The molecule has 0 radical (unpaired) electrons. The second-order valence-electron chi connectivity index (χ2n) is 7.31. The molecule has 0 atom stereocenters. The van der Waals surface area contributed by atoms with Gasteiger partial charge in [0.2, 0.25) is 12.3 Å². The molecule has 0 saturated carbocycles. The summed E-state index contributed by atoms with van der Waals surface area (Å²) in [5.74, 6) is 0.267. The van der Waals surface area contributed by atoms with Gasteiger partial charge in [-0.3, -0.25) is 9.36 Å². The molecule has 0 spiro atoms. The highest BCUT2D eigenvalue weighted by Crippen LogP contribution is 2.28. The molecule has 0 aliphatic heterocycles. The average molecular weight is 437 g/mol. The third-order valence-electron chi connectivity index (χ3n) is 5.21. The number of imidazole rings is 1. The van der Waals surface area contributed by atoms with Crippen LogP contribution in [0.4, 0.5) is 0 Å². The Kier molecular flexibility index (Phi) is 5.19. The first-order chi connectivity index (χ1) is 16.2. The Labute approximate surface area is 188 Å². The third-order valence-corrected chi connectivity index (χ3v) is 5.21. The molecule has 1 amide bonds. The zero-order valence-electron chi connectivity index (χ0n) is 17.9. The van der Waals surface area contributed by atoms with Crippen LogP contribution in [0.1, 0.15) is 22.8 Å². The molecule has 0 aliphatic rings. The lowest BCUT2D eigenvalue weighted by atomic mass is 10.1.